The molecular formula is C13H19N3O3. The predicted octanol–water partition coefficient (Wildman–Crippen LogP) is 1.10. The third-order valence-electron chi connectivity index (χ3n) is 3.75. The van der Waals surface area contributed by atoms with Crippen molar-refractivity contribution in [2.75, 3.05) is 6.54 Å². The maximum Gasteiger partial charge on any atom is 0.310 e. The molecule has 2 rings (SSSR count). The number of carbonyl (C=O) groups is 2. The molecule has 1 heterocycles. The quantitative estimate of drug-likeness (QED) is 0.718. The molecule has 0 unspecified atom stereocenters. The smallest absolute Gasteiger partial charge is 0.310 e. The molecule has 6 nitrogen and oxygen atoms in total. The summed E-state index contributed by atoms with van der Waals surface area (Å²) in [5.74, 6) is -0.212. The van der Waals surface area contributed by atoms with Gasteiger partial charge in [-0.25, -0.2) is 4.98 Å². The van der Waals surface area contributed by atoms with Crippen LogP contribution in [0.1, 0.15) is 37.9 Å². The highest BCUT2D eigenvalue weighted by Crippen LogP contribution is 2.41. The zero-order valence-corrected chi connectivity index (χ0v) is 10.8. The standard InChI is InChI=1S/C13H19N3O3/c17-11(16-6-3-10-14-7-8-15-10)9-13(12(18)19)4-1-2-5-13/h7-8H,1-6,9H2,(H,14,15)(H,16,17)(H,18,19). The number of aromatic nitrogens is 2. The van der Waals surface area contributed by atoms with E-state index in [9.17, 15) is 14.7 Å². The number of nitrogens with one attached hydrogen (secondary N) is 2. The average Bonchev–Trinajstić information content (AvgIpc) is 3.00. The third kappa shape index (κ3) is 3.33. The van der Waals surface area contributed by atoms with Crippen LogP contribution >= 0.6 is 0 Å². The van der Waals surface area contributed by atoms with E-state index in [1.54, 1.807) is 12.4 Å². The molecule has 104 valence electrons. The summed E-state index contributed by atoms with van der Waals surface area (Å²) in [6.07, 6.45) is 7.10. The van der Waals surface area contributed by atoms with Crippen LogP contribution in [0.5, 0.6) is 0 Å². The van der Waals surface area contributed by atoms with Crippen molar-refractivity contribution in [3.8, 4) is 0 Å². The number of hydrogen-bond acceptors (Lipinski definition) is 3. The molecule has 1 aliphatic carbocycles. The van der Waals surface area contributed by atoms with Crippen LogP contribution in [0, 0.1) is 5.41 Å². The fourth-order valence-corrected chi connectivity index (χ4v) is 2.64. The minimum absolute atomic E-state index is 0.0838. The highest BCUT2D eigenvalue weighted by molar-refractivity contribution is 5.85. The lowest BCUT2D eigenvalue weighted by molar-refractivity contribution is -0.151. The van der Waals surface area contributed by atoms with Crippen LogP contribution in [0.15, 0.2) is 12.4 Å². The van der Waals surface area contributed by atoms with Crippen LogP contribution < -0.4 is 5.32 Å². The second-order valence-corrected chi connectivity index (χ2v) is 5.11. The molecule has 1 amide bonds. The van der Waals surface area contributed by atoms with Gasteiger partial charge in [0.1, 0.15) is 5.82 Å². The number of imidazole rings is 1. The van der Waals surface area contributed by atoms with E-state index in [4.69, 9.17) is 0 Å². The summed E-state index contributed by atoms with van der Waals surface area (Å²) in [4.78, 5) is 30.2. The first kappa shape index (κ1) is 13.6. The summed E-state index contributed by atoms with van der Waals surface area (Å²) in [5, 5.41) is 12.1. The molecule has 1 aromatic rings. The first-order chi connectivity index (χ1) is 9.12. The molecule has 1 saturated carbocycles. The summed E-state index contributed by atoms with van der Waals surface area (Å²) in [5.41, 5.74) is -0.839. The number of carboxylic acids is 1. The molecule has 1 fully saturated rings. The number of carbonyl (C=O) groups excluding carboxylic acids is 1. The summed E-state index contributed by atoms with van der Waals surface area (Å²) in [6, 6.07) is 0. The van der Waals surface area contributed by atoms with Crippen molar-refractivity contribution in [2.45, 2.75) is 38.5 Å². The van der Waals surface area contributed by atoms with Gasteiger partial charge < -0.3 is 15.4 Å². The largest absolute Gasteiger partial charge is 0.481 e. The number of hydrogen-bond donors (Lipinski definition) is 3. The normalized spacial score (nSPS) is 17.3. The molecule has 0 radical (unpaired) electrons. The minimum Gasteiger partial charge on any atom is -0.481 e. The molecule has 0 aromatic carbocycles. The Balaban J connectivity index is 1.78. The van der Waals surface area contributed by atoms with Gasteiger partial charge in [0.25, 0.3) is 0 Å². The fraction of sp³-hybridized carbons (Fsp3) is 0.615. The summed E-state index contributed by atoms with van der Waals surface area (Å²) < 4.78 is 0. The lowest BCUT2D eigenvalue weighted by atomic mass is 9.82. The van der Waals surface area contributed by atoms with Crippen molar-refractivity contribution >= 4 is 11.9 Å². The maximum atomic E-state index is 11.8. The molecule has 1 aromatic heterocycles. The van der Waals surface area contributed by atoms with Gasteiger partial charge in [-0.2, -0.15) is 0 Å². The topological polar surface area (TPSA) is 95.1 Å². The molecule has 0 saturated heterocycles. The Morgan fingerprint density at radius 2 is 2.16 bits per heavy atom. The summed E-state index contributed by atoms with van der Waals surface area (Å²) in [7, 11) is 0. The second kappa shape index (κ2) is 5.86. The van der Waals surface area contributed by atoms with Crippen molar-refractivity contribution in [2.24, 2.45) is 5.41 Å². The zero-order chi connectivity index (χ0) is 13.7. The van der Waals surface area contributed by atoms with Gasteiger partial charge in [0.2, 0.25) is 5.91 Å². The second-order valence-electron chi connectivity index (χ2n) is 5.11. The van der Waals surface area contributed by atoms with Gasteiger partial charge in [-0.3, -0.25) is 9.59 Å². The maximum absolute atomic E-state index is 11.8. The van der Waals surface area contributed by atoms with E-state index in [2.05, 4.69) is 15.3 Å². The van der Waals surface area contributed by atoms with Gasteiger partial charge in [-0.1, -0.05) is 12.8 Å². The molecule has 0 spiro atoms. The van der Waals surface area contributed by atoms with Crippen LogP contribution in [0.4, 0.5) is 0 Å². The molecular weight excluding hydrogens is 246 g/mol. The van der Waals surface area contributed by atoms with E-state index in [0.717, 1.165) is 18.7 Å². The number of amides is 1. The number of rotatable bonds is 6. The van der Waals surface area contributed by atoms with Crippen LogP contribution in [0.25, 0.3) is 0 Å². The summed E-state index contributed by atoms with van der Waals surface area (Å²) >= 11 is 0. The fourth-order valence-electron chi connectivity index (χ4n) is 2.64. The summed E-state index contributed by atoms with van der Waals surface area (Å²) in [6.45, 7) is 0.474. The molecule has 19 heavy (non-hydrogen) atoms. The number of H-pyrrole nitrogens is 1. The Morgan fingerprint density at radius 1 is 1.42 bits per heavy atom. The third-order valence-corrected chi connectivity index (χ3v) is 3.75. The van der Waals surface area contributed by atoms with Gasteiger partial charge in [-0.05, 0) is 12.8 Å². The molecule has 0 aliphatic heterocycles. The average molecular weight is 265 g/mol. The molecule has 0 atom stereocenters. The Labute approximate surface area is 111 Å². The van der Waals surface area contributed by atoms with Gasteiger partial charge in [0.05, 0.1) is 5.41 Å². The van der Waals surface area contributed by atoms with Crippen molar-refractivity contribution in [1.82, 2.24) is 15.3 Å². The van der Waals surface area contributed by atoms with Gasteiger partial charge in [0, 0.05) is 31.8 Å². The van der Waals surface area contributed by atoms with Crippen molar-refractivity contribution < 1.29 is 14.7 Å². The predicted molar refractivity (Wildman–Crippen MR) is 68.5 cm³/mol. The Bertz CT molecular complexity index is 436. The van der Waals surface area contributed by atoms with Crippen molar-refractivity contribution in [1.29, 1.82) is 0 Å². The first-order valence-corrected chi connectivity index (χ1v) is 6.61. The monoisotopic (exact) mass is 265 g/mol. The van der Waals surface area contributed by atoms with Crippen LogP contribution in [0.2, 0.25) is 0 Å². The molecule has 1 aliphatic rings. The lowest BCUT2D eigenvalue weighted by Gasteiger charge is -2.22. The highest BCUT2D eigenvalue weighted by atomic mass is 16.4. The molecule has 0 bridgehead atoms. The van der Waals surface area contributed by atoms with E-state index >= 15 is 0 Å². The number of aromatic amines is 1. The Morgan fingerprint density at radius 3 is 2.74 bits per heavy atom. The number of nitrogens with zero attached hydrogens (tertiary/aromatic N) is 1. The van der Waals surface area contributed by atoms with Crippen molar-refractivity contribution in [3.63, 3.8) is 0 Å². The van der Waals surface area contributed by atoms with E-state index in [-0.39, 0.29) is 12.3 Å². The first-order valence-electron chi connectivity index (χ1n) is 6.61. The van der Waals surface area contributed by atoms with Crippen LogP contribution in [-0.2, 0) is 16.0 Å². The SMILES string of the molecule is O=C(CC1(C(=O)O)CCCC1)NCCc1ncc[nH]1. The molecule has 3 N–H and O–H groups in total. The lowest BCUT2D eigenvalue weighted by Crippen LogP contribution is -2.36. The Hall–Kier alpha value is -1.85. The van der Waals surface area contributed by atoms with Gasteiger partial charge in [-0.15, -0.1) is 0 Å². The van der Waals surface area contributed by atoms with E-state index in [1.807, 2.05) is 0 Å². The zero-order valence-electron chi connectivity index (χ0n) is 10.8. The molecule has 6 heteroatoms. The highest BCUT2D eigenvalue weighted by Gasteiger charge is 2.42. The van der Waals surface area contributed by atoms with E-state index in [0.29, 0.717) is 25.8 Å². The van der Waals surface area contributed by atoms with Crippen LogP contribution in [0.3, 0.4) is 0 Å². The van der Waals surface area contributed by atoms with Crippen LogP contribution in [-0.4, -0.2) is 33.5 Å². The van der Waals surface area contributed by atoms with Crippen molar-refractivity contribution in [3.05, 3.63) is 18.2 Å². The number of aliphatic carboxylic acids is 1. The Kier molecular flexibility index (Phi) is 4.19. The van der Waals surface area contributed by atoms with Gasteiger partial charge in [0.15, 0.2) is 0 Å². The van der Waals surface area contributed by atoms with E-state index < -0.39 is 11.4 Å². The van der Waals surface area contributed by atoms with Gasteiger partial charge >= 0.3 is 5.97 Å². The number of carboxylic acid groups (broad SMARTS) is 1. The minimum atomic E-state index is -0.841. The van der Waals surface area contributed by atoms with E-state index in [1.165, 1.54) is 0 Å².